The van der Waals surface area contributed by atoms with Gasteiger partial charge in [-0.25, -0.2) is 0 Å². The van der Waals surface area contributed by atoms with Gasteiger partial charge in [0.05, 0.1) is 0 Å². The quantitative estimate of drug-likeness (QED) is 0.684. The molecule has 2 nitrogen and oxygen atoms in total. The molecule has 0 aliphatic heterocycles. The van der Waals surface area contributed by atoms with Crippen LogP contribution in [0.15, 0.2) is 24.3 Å². The minimum atomic E-state index is -0.417. The number of hydrogen-bond donors (Lipinski definition) is 1. The van der Waals surface area contributed by atoms with Gasteiger partial charge in [0.25, 0.3) is 0 Å². The number of carbonyl (C=O) groups excluding carboxylic acids is 1. The fraction of sp³-hybridized carbons (Fsp3) is 0.182. The Balaban J connectivity index is 2.96. The van der Waals surface area contributed by atoms with Crippen molar-refractivity contribution in [2.24, 2.45) is 5.73 Å². The van der Waals surface area contributed by atoms with Crippen LogP contribution in [0, 0.1) is 13.8 Å². The van der Waals surface area contributed by atoms with Gasteiger partial charge in [0, 0.05) is 6.08 Å². The van der Waals surface area contributed by atoms with E-state index in [4.69, 9.17) is 5.73 Å². The fourth-order valence-electron chi connectivity index (χ4n) is 1.18. The van der Waals surface area contributed by atoms with Crippen molar-refractivity contribution in [3.05, 3.63) is 41.0 Å². The maximum absolute atomic E-state index is 10.5. The molecule has 0 fully saturated rings. The molecular formula is C11H13NO. The highest BCUT2D eigenvalue weighted by molar-refractivity contribution is 5.90. The number of amides is 1. The zero-order chi connectivity index (χ0) is 9.84. The van der Waals surface area contributed by atoms with Gasteiger partial charge in [0.2, 0.25) is 5.91 Å². The smallest absolute Gasteiger partial charge is 0.241 e. The van der Waals surface area contributed by atoms with Gasteiger partial charge in [0.15, 0.2) is 0 Å². The molecule has 0 aliphatic carbocycles. The monoisotopic (exact) mass is 175 g/mol. The number of benzene rings is 1. The zero-order valence-corrected chi connectivity index (χ0v) is 7.87. The largest absolute Gasteiger partial charge is 0.366 e. The van der Waals surface area contributed by atoms with Gasteiger partial charge in [-0.05, 0) is 31.1 Å². The predicted molar refractivity (Wildman–Crippen MR) is 54.1 cm³/mol. The van der Waals surface area contributed by atoms with E-state index in [-0.39, 0.29) is 0 Å². The third kappa shape index (κ3) is 2.75. The Morgan fingerprint density at radius 2 is 2.08 bits per heavy atom. The normalized spacial score (nSPS) is 10.6. The molecule has 0 heterocycles. The Bertz CT molecular complexity index is 353. The van der Waals surface area contributed by atoms with Gasteiger partial charge in [-0.2, -0.15) is 0 Å². The lowest BCUT2D eigenvalue weighted by molar-refractivity contribution is -0.113. The summed E-state index contributed by atoms with van der Waals surface area (Å²) in [5.74, 6) is -0.417. The van der Waals surface area contributed by atoms with E-state index in [1.54, 1.807) is 6.08 Å². The van der Waals surface area contributed by atoms with Crippen LogP contribution in [0.25, 0.3) is 6.08 Å². The van der Waals surface area contributed by atoms with Crippen LogP contribution in [0.2, 0.25) is 0 Å². The van der Waals surface area contributed by atoms with E-state index in [1.807, 2.05) is 26.0 Å². The molecule has 2 N–H and O–H groups in total. The lowest BCUT2D eigenvalue weighted by atomic mass is 10.1. The van der Waals surface area contributed by atoms with Crippen LogP contribution in [0.3, 0.4) is 0 Å². The zero-order valence-electron chi connectivity index (χ0n) is 7.87. The lowest BCUT2D eigenvalue weighted by Crippen LogP contribution is -2.05. The third-order valence-corrected chi connectivity index (χ3v) is 1.85. The highest BCUT2D eigenvalue weighted by atomic mass is 16.1. The summed E-state index contributed by atoms with van der Waals surface area (Å²) in [4.78, 5) is 10.5. The van der Waals surface area contributed by atoms with Gasteiger partial charge in [-0.1, -0.05) is 23.8 Å². The molecule has 0 bridgehead atoms. The summed E-state index contributed by atoms with van der Waals surface area (Å²) >= 11 is 0. The molecule has 0 atom stereocenters. The number of primary amides is 1. The van der Waals surface area contributed by atoms with E-state index >= 15 is 0 Å². The second-order valence-electron chi connectivity index (χ2n) is 3.10. The Kier molecular flexibility index (Phi) is 2.85. The van der Waals surface area contributed by atoms with Crippen LogP contribution in [0.4, 0.5) is 0 Å². The van der Waals surface area contributed by atoms with Crippen LogP contribution in [0.5, 0.6) is 0 Å². The van der Waals surface area contributed by atoms with Crippen LogP contribution in [-0.4, -0.2) is 5.91 Å². The Hall–Kier alpha value is -1.57. The van der Waals surface area contributed by atoms with Crippen LogP contribution in [0.1, 0.15) is 16.7 Å². The van der Waals surface area contributed by atoms with Gasteiger partial charge in [-0.3, -0.25) is 4.79 Å². The molecule has 68 valence electrons. The van der Waals surface area contributed by atoms with Gasteiger partial charge in [-0.15, -0.1) is 0 Å². The Labute approximate surface area is 78.1 Å². The van der Waals surface area contributed by atoms with Crippen molar-refractivity contribution in [2.45, 2.75) is 13.8 Å². The molecule has 1 aromatic rings. The number of hydrogen-bond acceptors (Lipinski definition) is 1. The highest BCUT2D eigenvalue weighted by Crippen LogP contribution is 2.11. The number of rotatable bonds is 2. The summed E-state index contributed by atoms with van der Waals surface area (Å²) in [5, 5.41) is 0. The molecule has 0 aromatic heterocycles. The molecule has 13 heavy (non-hydrogen) atoms. The van der Waals surface area contributed by atoms with Crippen molar-refractivity contribution in [2.75, 3.05) is 0 Å². The second-order valence-corrected chi connectivity index (χ2v) is 3.10. The average Bonchev–Trinajstić information content (AvgIpc) is 2.02. The first-order valence-electron chi connectivity index (χ1n) is 4.14. The molecule has 0 spiro atoms. The second kappa shape index (κ2) is 3.90. The van der Waals surface area contributed by atoms with Gasteiger partial charge < -0.3 is 5.73 Å². The third-order valence-electron chi connectivity index (χ3n) is 1.85. The molecule has 1 amide bonds. The van der Waals surface area contributed by atoms with E-state index < -0.39 is 5.91 Å². The molecule has 1 rings (SSSR count). The van der Waals surface area contributed by atoms with E-state index in [9.17, 15) is 4.79 Å². The minimum Gasteiger partial charge on any atom is -0.366 e. The van der Waals surface area contributed by atoms with Crippen LogP contribution < -0.4 is 5.73 Å². The SMILES string of the molecule is Cc1ccc(C=CC(N)=O)c(C)c1. The first kappa shape index (κ1) is 9.52. The molecule has 1 aromatic carbocycles. The molecule has 0 radical (unpaired) electrons. The van der Waals surface area contributed by atoms with E-state index in [2.05, 4.69) is 6.07 Å². The molecule has 0 unspecified atom stereocenters. The molecule has 2 heteroatoms. The maximum atomic E-state index is 10.5. The Morgan fingerprint density at radius 3 is 2.62 bits per heavy atom. The van der Waals surface area contributed by atoms with Gasteiger partial charge in [0.1, 0.15) is 0 Å². The number of aryl methyl sites for hydroxylation is 2. The predicted octanol–water partition coefficient (Wildman–Crippen LogP) is 1.80. The van der Waals surface area contributed by atoms with E-state index in [0.29, 0.717) is 0 Å². The summed E-state index contributed by atoms with van der Waals surface area (Å²) in [5.41, 5.74) is 8.39. The first-order valence-corrected chi connectivity index (χ1v) is 4.14. The minimum absolute atomic E-state index is 0.417. The van der Waals surface area contributed by atoms with Crippen LogP contribution >= 0.6 is 0 Å². The average molecular weight is 175 g/mol. The van der Waals surface area contributed by atoms with Gasteiger partial charge >= 0.3 is 0 Å². The summed E-state index contributed by atoms with van der Waals surface area (Å²) < 4.78 is 0. The van der Waals surface area contributed by atoms with Crippen molar-refractivity contribution < 1.29 is 4.79 Å². The van der Waals surface area contributed by atoms with Crippen molar-refractivity contribution in [1.82, 2.24) is 0 Å². The maximum Gasteiger partial charge on any atom is 0.241 e. The Morgan fingerprint density at radius 1 is 1.38 bits per heavy atom. The highest BCUT2D eigenvalue weighted by Gasteiger charge is 1.94. The lowest BCUT2D eigenvalue weighted by Gasteiger charge is -2.00. The van der Waals surface area contributed by atoms with Crippen LogP contribution in [-0.2, 0) is 4.79 Å². The number of carbonyl (C=O) groups is 1. The molecular weight excluding hydrogens is 162 g/mol. The topological polar surface area (TPSA) is 43.1 Å². The van der Waals surface area contributed by atoms with Crippen molar-refractivity contribution in [3.8, 4) is 0 Å². The summed E-state index contributed by atoms with van der Waals surface area (Å²) in [6.07, 6.45) is 3.11. The van der Waals surface area contributed by atoms with Crippen molar-refractivity contribution >= 4 is 12.0 Å². The standard InChI is InChI=1S/C11H13NO/c1-8-3-4-10(9(2)7-8)5-6-11(12)13/h3-7H,1-2H3,(H2,12,13). The summed E-state index contributed by atoms with van der Waals surface area (Å²) in [7, 11) is 0. The van der Waals surface area contributed by atoms with Crippen molar-refractivity contribution in [1.29, 1.82) is 0 Å². The summed E-state index contributed by atoms with van der Waals surface area (Å²) in [6.45, 7) is 4.04. The van der Waals surface area contributed by atoms with Crippen molar-refractivity contribution in [3.63, 3.8) is 0 Å². The van der Waals surface area contributed by atoms with E-state index in [0.717, 1.165) is 11.1 Å². The van der Waals surface area contributed by atoms with E-state index in [1.165, 1.54) is 11.6 Å². The number of nitrogens with two attached hydrogens (primary N) is 1. The summed E-state index contributed by atoms with van der Waals surface area (Å²) in [6, 6.07) is 6.05. The molecule has 0 saturated carbocycles. The first-order chi connectivity index (χ1) is 6.09. The molecule has 0 aliphatic rings. The fourth-order valence-corrected chi connectivity index (χ4v) is 1.18. The molecule has 0 saturated heterocycles.